The van der Waals surface area contributed by atoms with E-state index in [0.717, 1.165) is 17.7 Å². The molecule has 1 rings (SSSR count). The minimum absolute atomic E-state index is 0.00762. The quantitative estimate of drug-likeness (QED) is 0.798. The van der Waals surface area contributed by atoms with Crippen LogP contribution in [0, 0.1) is 5.41 Å². The molecule has 0 saturated heterocycles. The Hall–Kier alpha value is -0.800. The molecule has 1 aromatic carbocycles. The Kier molecular flexibility index (Phi) is 4.86. The van der Waals surface area contributed by atoms with E-state index in [2.05, 4.69) is 39.9 Å². The molecule has 0 aromatic heterocycles. The summed E-state index contributed by atoms with van der Waals surface area (Å²) in [6.07, 6.45) is 1.05. The number of hydrogen-bond acceptors (Lipinski definition) is 2. The molecule has 2 nitrogen and oxygen atoms in total. The number of anilines is 1. The first kappa shape index (κ1) is 16.3. The highest BCUT2D eigenvalue weighted by atomic mass is 35.5. The molecule has 0 aliphatic heterocycles. The van der Waals surface area contributed by atoms with Crippen molar-refractivity contribution in [2.75, 3.05) is 5.32 Å². The van der Waals surface area contributed by atoms with Gasteiger partial charge in [-0.2, -0.15) is 0 Å². The molecule has 4 heteroatoms. The van der Waals surface area contributed by atoms with E-state index in [9.17, 15) is 0 Å². The Morgan fingerprint density at radius 2 is 1.84 bits per heavy atom. The average molecular weight is 299 g/mol. The van der Waals surface area contributed by atoms with Crippen LogP contribution in [0.25, 0.3) is 0 Å². The van der Waals surface area contributed by atoms with Gasteiger partial charge in [-0.15, -0.1) is 0 Å². The molecule has 0 atom stereocenters. The van der Waals surface area contributed by atoms with Gasteiger partial charge in [0.1, 0.15) is 4.99 Å². The SMILES string of the molecule is CC(C)(C)CC(C)(C)Nc1ccc(C(N)=S)c(Cl)c1. The number of rotatable bonds is 4. The molecular weight excluding hydrogens is 276 g/mol. The van der Waals surface area contributed by atoms with Gasteiger partial charge in [0.05, 0.1) is 5.02 Å². The van der Waals surface area contributed by atoms with Gasteiger partial charge in [-0.1, -0.05) is 44.6 Å². The summed E-state index contributed by atoms with van der Waals surface area (Å²) in [7, 11) is 0. The zero-order chi connectivity index (χ0) is 14.8. The van der Waals surface area contributed by atoms with Gasteiger partial charge < -0.3 is 11.1 Å². The zero-order valence-corrected chi connectivity index (χ0v) is 13.9. The van der Waals surface area contributed by atoms with Crippen LogP contribution in [0.2, 0.25) is 5.02 Å². The first-order valence-electron chi connectivity index (χ1n) is 6.38. The van der Waals surface area contributed by atoms with Crippen LogP contribution in [0.5, 0.6) is 0 Å². The van der Waals surface area contributed by atoms with E-state index in [1.807, 2.05) is 18.2 Å². The maximum Gasteiger partial charge on any atom is 0.105 e. The topological polar surface area (TPSA) is 38.0 Å². The fourth-order valence-corrected chi connectivity index (χ4v) is 3.07. The summed E-state index contributed by atoms with van der Waals surface area (Å²) in [5.74, 6) is 0. The van der Waals surface area contributed by atoms with Crippen molar-refractivity contribution in [1.82, 2.24) is 0 Å². The standard InChI is InChI=1S/C15H23ClN2S/c1-14(2,3)9-15(4,5)18-10-6-7-11(13(17)19)12(16)8-10/h6-8,18H,9H2,1-5H3,(H2,17,19). The van der Waals surface area contributed by atoms with Gasteiger partial charge in [-0.05, 0) is 43.9 Å². The third-order valence-corrected chi connectivity index (χ3v) is 3.22. The minimum atomic E-state index is -0.00762. The Morgan fingerprint density at radius 1 is 1.26 bits per heavy atom. The summed E-state index contributed by atoms with van der Waals surface area (Å²) < 4.78 is 0. The molecule has 0 aliphatic carbocycles. The molecule has 0 saturated carbocycles. The molecule has 0 aliphatic rings. The number of thiocarbonyl (C=S) groups is 1. The van der Waals surface area contributed by atoms with Crippen LogP contribution < -0.4 is 11.1 Å². The second-order valence-electron chi connectivity index (χ2n) is 6.81. The van der Waals surface area contributed by atoms with Crippen LogP contribution in [0.1, 0.15) is 46.6 Å². The van der Waals surface area contributed by atoms with E-state index in [4.69, 9.17) is 29.6 Å². The van der Waals surface area contributed by atoms with Gasteiger partial charge in [0.15, 0.2) is 0 Å². The largest absolute Gasteiger partial charge is 0.389 e. The van der Waals surface area contributed by atoms with Crippen LogP contribution in [0.15, 0.2) is 18.2 Å². The summed E-state index contributed by atoms with van der Waals surface area (Å²) in [5, 5.41) is 4.10. The molecule has 0 spiro atoms. The molecule has 0 unspecified atom stereocenters. The van der Waals surface area contributed by atoms with Gasteiger partial charge in [0.2, 0.25) is 0 Å². The van der Waals surface area contributed by atoms with Gasteiger partial charge >= 0.3 is 0 Å². The molecule has 0 fully saturated rings. The van der Waals surface area contributed by atoms with Gasteiger partial charge in [0.25, 0.3) is 0 Å². The number of hydrogen-bond donors (Lipinski definition) is 2. The summed E-state index contributed by atoms with van der Waals surface area (Å²) in [5.41, 5.74) is 7.56. The fraction of sp³-hybridized carbons (Fsp3) is 0.533. The van der Waals surface area contributed by atoms with Crippen molar-refractivity contribution in [2.24, 2.45) is 11.1 Å². The van der Waals surface area contributed by atoms with Crippen LogP contribution in [-0.2, 0) is 0 Å². The fourth-order valence-electron chi connectivity index (χ4n) is 2.55. The molecule has 0 heterocycles. The lowest BCUT2D eigenvalue weighted by Crippen LogP contribution is -2.35. The Balaban J connectivity index is 2.88. The van der Waals surface area contributed by atoms with Crippen molar-refractivity contribution < 1.29 is 0 Å². The molecule has 0 radical (unpaired) electrons. The van der Waals surface area contributed by atoms with Crippen molar-refractivity contribution in [3.63, 3.8) is 0 Å². The van der Waals surface area contributed by atoms with Crippen molar-refractivity contribution >= 4 is 34.5 Å². The lowest BCUT2D eigenvalue weighted by Gasteiger charge is -2.34. The van der Waals surface area contributed by atoms with Crippen LogP contribution in [0.4, 0.5) is 5.69 Å². The van der Waals surface area contributed by atoms with E-state index in [0.29, 0.717) is 10.0 Å². The van der Waals surface area contributed by atoms with Crippen LogP contribution >= 0.6 is 23.8 Å². The number of halogens is 1. The second kappa shape index (κ2) is 5.68. The molecule has 106 valence electrons. The number of benzene rings is 1. The first-order chi connectivity index (χ1) is 8.50. The van der Waals surface area contributed by atoms with Gasteiger partial charge in [-0.25, -0.2) is 0 Å². The Labute approximate surface area is 126 Å². The highest BCUT2D eigenvalue weighted by Gasteiger charge is 2.25. The van der Waals surface area contributed by atoms with Crippen molar-refractivity contribution in [3.05, 3.63) is 28.8 Å². The summed E-state index contributed by atoms with van der Waals surface area (Å²) in [6, 6.07) is 5.70. The van der Waals surface area contributed by atoms with Crippen LogP contribution in [-0.4, -0.2) is 10.5 Å². The van der Waals surface area contributed by atoms with Crippen molar-refractivity contribution in [2.45, 2.75) is 46.6 Å². The third-order valence-electron chi connectivity index (χ3n) is 2.69. The summed E-state index contributed by atoms with van der Waals surface area (Å²) in [6.45, 7) is 11.1. The molecule has 1 aromatic rings. The van der Waals surface area contributed by atoms with Crippen LogP contribution in [0.3, 0.4) is 0 Å². The smallest absolute Gasteiger partial charge is 0.105 e. The number of nitrogens with two attached hydrogens (primary N) is 1. The van der Waals surface area contributed by atoms with Crippen molar-refractivity contribution in [3.8, 4) is 0 Å². The normalized spacial score (nSPS) is 12.3. The summed E-state index contributed by atoms with van der Waals surface area (Å²) in [4.78, 5) is 0.325. The lowest BCUT2D eigenvalue weighted by molar-refractivity contribution is 0.302. The maximum atomic E-state index is 6.18. The van der Waals surface area contributed by atoms with E-state index < -0.39 is 0 Å². The highest BCUT2D eigenvalue weighted by molar-refractivity contribution is 7.80. The number of nitrogens with one attached hydrogen (secondary N) is 1. The predicted molar refractivity (Wildman–Crippen MR) is 89.1 cm³/mol. The second-order valence-corrected chi connectivity index (χ2v) is 7.65. The molecule has 3 N–H and O–H groups in total. The predicted octanol–water partition coefficient (Wildman–Crippen LogP) is 4.60. The van der Waals surface area contributed by atoms with Gasteiger partial charge in [-0.3, -0.25) is 0 Å². The van der Waals surface area contributed by atoms with E-state index >= 15 is 0 Å². The molecule has 0 bridgehead atoms. The minimum Gasteiger partial charge on any atom is -0.389 e. The third kappa shape index (κ3) is 5.37. The average Bonchev–Trinajstić information content (AvgIpc) is 2.11. The lowest BCUT2D eigenvalue weighted by atomic mass is 9.81. The van der Waals surface area contributed by atoms with Gasteiger partial charge in [0, 0.05) is 16.8 Å². The maximum absolute atomic E-state index is 6.18. The molecular formula is C15H23ClN2S. The Bertz CT molecular complexity index is 476. The van der Waals surface area contributed by atoms with Crippen molar-refractivity contribution in [1.29, 1.82) is 0 Å². The summed E-state index contributed by atoms with van der Waals surface area (Å²) >= 11 is 11.1. The van der Waals surface area contributed by atoms with E-state index in [-0.39, 0.29) is 11.0 Å². The molecule has 0 amide bonds. The highest BCUT2D eigenvalue weighted by Crippen LogP contribution is 2.30. The first-order valence-corrected chi connectivity index (χ1v) is 7.16. The zero-order valence-electron chi connectivity index (χ0n) is 12.3. The van der Waals surface area contributed by atoms with E-state index in [1.54, 1.807) is 0 Å². The monoisotopic (exact) mass is 298 g/mol. The Morgan fingerprint density at radius 3 is 2.26 bits per heavy atom. The molecule has 19 heavy (non-hydrogen) atoms. The van der Waals surface area contributed by atoms with E-state index in [1.165, 1.54) is 0 Å².